The number of benzene rings is 2. The van der Waals surface area contributed by atoms with Crippen LogP contribution in [0.15, 0.2) is 91.5 Å². The van der Waals surface area contributed by atoms with Crippen molar-refractivity contribution in [3.8, 4) is 28.3 Å². The van der Waals surface area contributed by atoms with Crippen molar-refractivity contribution >= 4 is 45.7 Å². The van der Waals surface area contributed by atoms with Gasteiger partial charge in [0.05, 0.1) is 24.1 Å². The molecule has 4 heterocycles. The van der Waals surface area contributed by atoms with Gasteiger partial charge in [-0.1, -0.05) is 24.3 Å². The molecule has 216 valence electrons. The number of pyridine rings is 2. The summed E-state index contributed by atoms with van der Waals surface area (Å²) in [6.45, 7) is 1.63. The number of hydrogen-bond donors (Lipinski definition) is 3. The number of amides is 1. The Morgan fingerprint density at radius 2 is 1.86 bits per heavy atom. The number of fused-ring (bicyclic) bond motifs is 1. The zero-order valence-corrected chi connectivity index (χ0v) is 24.1. The van der Waals surface area contributed by atoms with E-state index in [4.69, 9.17) is 15.7 Å². The minimum absolute atomic E-state index is 0.158. The number of aryl methyl sites for hydroxylation is 1. The van der Waals surface area contributed by atoms with Crippen LogP contribution in [0.2, 0.25) is 0 Å². The van der Waals surface area contributed by atoms with E-state index in [1.54, 1.807) is 36.4 Å². The lowest BCUT2D eigenvalue weighted by atomic mass is 10.1. The average Bonchev–Trinajstić information content (AvgIpc) is 3.59. The van der Waals surface area contributed by atoms with E-state index >= 15 is 0 Å². The summed E-state index contributed by atoms with van der Waals surface area (Å²) in [7, 11) is 1.80. The number of hydrogen-bond acceptors (Lipinski definition) is 7. The molecule has 0 aliphatic heterocycles. The standard InChI is InChI=1S/C30H27N9O3S/c1-19(40)34-22-6-3-5-21(15-22)25-12-13-26-30(35-25)39(29(36-26)24-7-4-14-32-28(24)31)23-10-8-20(9-11-23)16-38(43(41)42)27-17-37(2)18-33-27/h3-15,17-18H,16H2,1-2H3,(H2,31,32)(H,34,40)(H,41,42). The minimum Gasteiger partial charge on any atom is -0.383 e. The highest BCUT2D eigenvalue weighted by Gasteiger charge is 2.20. The van der Waals surface area contributed by atoms with Gasteiger partial charge in [0.15, 0.2) is 17.3 Å². The first-order valence-corrected chi connectivity index (χ1v) is 14.3. The quantitative estimate of drug-likeness (QED) is 0.217. The van der Waals surface area contributed by atoms with Gasteiger partial charge in [0.1, 0.15) is 11.3 Å². The first-order chi connectivity index (χ1) is 20.8. The van der Waals surface area contributed by atoms with Crippen molar-refractivity contribution in [2.45, 2.75) is 13.5 Å². The number of nitrogens with one attached hydrogen (secondary N) is 1. The predicted octanol–water partition coefficient (Wildman–Crippen LogP) is 4.57. The van der Waals surface area contributed by atoms with Gasteiger partial charge in [-0.05, 0) is 54.1 Å². The number of carbonyl (C=O) groups is 1. The maximum Gasteiger partial charge on any atom is 0.263 e. The molecule has 1 unspecified atom stereocenters. The van der Waals surface area contributed by atoms with Crippen LogP contribution in [-0.2, 0) is 29.7 Å². The van der Waals surface area contributed by atoms with Crippen molar-refractivity contribution < 1.29 is 13.6 Å². The second-order valence-corrected chi connectivity index (χ2v) is 10.7. The van der Waals surface area contributed by atoms with E-state index in [0.717, 1.165) is 16.8 Å². The van der Waals surface area contributed by atoms with Gasteiger partial charge in [-0.15, -0.1) is 0 Å². The predicted molar refractivity (Wildman–Crippen MR) is 166 cm³/mol. The van der Waals surface area contributed by atoms with Gasteiger partial charge in [0.25, 0.3) is 11.3 Å². The summed E-state index contributed by atoms with van der Waals surface area (Å²) in [5, 5.41) is 2.81. The van der Waals surface area contributed by atoms with Crippen LogP contribution in [0.5, 0.6) is 0 Å². The Balaban J connectivity index is 1.44. The Morgan fingerprint density at radius 1 is 1.05 bits per heavy atom. The molecular formula is C30H27N9O3S. The van der Waals surface area contributed by atoms with Crippen molar-refractivity contribution in [1.82, 2.24) is 29.1 Å². The van der Waals surface area contributed by atoms with Crippen molar-refractivity contribution in [3.63, 3.8) is 0 Å². The number of nitrogens with two attached hydrogens (primary N) is 1. The minimum atomic E-state index is -2.26. The Hall–Kier alpha value is -5.40. The smallest absolute Gasteiger partial charge is 0.263 e. The Bertz CT molecular complexity index is 1990. The van der Waals surface area contributed by atoms with Gasteiger partial charge >= 0.3 is 0 Å². The third kappa shape index (κ3) is 5.71. The third-order valence-electron chi connectivity index (χ3n) is 6.72. The highest BCUT2D eigenvalue weighted by atomic mass is 32.2. The van der Waals surface area contributed by atoms with Crippen LogP contribution in [0.3, 0.4) is 0 Å². The molecule has 1 atom stereocenters. The molecule has 0 saturated heterocycles. The molecule has 6 aromatic rings. The van der Waals surface area contributed by atoms with Crippen LogP contribution in [-0.4, -0.2) is 43.7 Å². The average molecular weight is 594 g/mol. The topological polar surface area (TPSA) is 157 Å². The summed E-state index contributed by atoms with van der Waals surface area (Å²) in [6, 6.07) is 22.4. The lowest BCUT2D eigenvalue weighted by Crippen LogP contribution is -2.24. The second kappa shape index (κ2) is 11.5. The molecule has 0 saturated carbocycles. The van der Waals surface area contributed by atoms with Gasteiger partial charge in [-0.3, -0.25) is 13.9 Å². The number of aromatic nitrogens is 6. The molecule has 43 heavy (non-hydrogen) atoms. The van der Waals surface area contributed by atoms with Crippen molar-refractivity contribution in [3.05, 3.63) is 97.1 Å². The SMILES string of the molecule is CC(=O)Nc1cccc(-c2ccc3nc(-c4cccnc4N)n(-c4ccc(CN(c5cn(C)cn5)S(=O)O)cc4)c3n2)c1. The maximum atomic E-state index is 12.1. The van der Waals surface area contributed by atoms with Crippen molar-refractivity contribution in [1.29, 1.82) is 0 Å². The van der Waals surface area contributed by atoms with E-state index in [2.05, 4.69) is 15.3 Å². The number of carbonyl (C=O) groups excluding carboxylic acids is 1. The van der Waals surface area contributed by atoms with Gasteiger partial charge in [0, 0.05) is 43.3 Å². The summed E-state index contributed by atoms with van der Waals surface area (Å²) in [6.07, 6.45) is 4.88. The van der Waals surface area contributed by atoms with Gasteiger partial charge in [-0.2, -0.15) is 0 Å². The van der Waals surface area contributed by atoms with Crippen molar-refractivity contribution in [2.75, 3.05) is 15.4 Å². The van der Waals surface area contributed by atoms with Crippen molar-refractivity contribution in [2.24, 2.45) is 7.05 Å². The normalized spacial score (nSPS) is 11.9. The fourth-order valence-electron chi connectivity index (χ4n) is 4.77. The molecule has 0 aliphatic carbocycles. The van der Waals surface area contributed by atoms with Gasteiger partial charge < -0.3 is 15.6 Å². The summed E-state index contributed by atoms with van der Waals surface area (Å²) in [4.78, 5) is 29.9. The Morgan fingerprint density at radius 3 is 2.56 bits per heavy atom. The third-order valence-corrected chi connectivity index (χ3v) is 7.41. The highest BCUT2D eigenvalue weighted by molar-refractivity contribution is 7.80. The molecule has 0 bridgehead atoms. The first kappa shape index (κ1) is 27.8. The largest absolute Gasteiger partial charge is 0.383 e. The molecule has 4 aromatic heterocycles. The molecule has 4 N–H and O–H groups in total. The second-order valence-electron chi connectivity index (χ2n) is 9.84. The van der Waals surface area contributed by atoms with Crippen LogP contribution >= 0.6 is 0 Å². The van der Waals surface area contributed by atoms with E-state index in [1.165, 1.54) is 11.2 Å². The van der Waals surface area contributed by atoms with E-state index in [-0.39, 0.29) is 12.5 Å². The lowest BCUT2D eigenvalue weighted by molar-refractivity contribution is -0.114. The molecule has 2 aromatic carbocycles. The van der Waals surface area contributed by atoms with Crippen LogP contribution in [0.1, 0.15) is 12.5 Å². The van der Waals surface area contributed by atoms with Crippen LogP contribution in [0, 0.1) is 0 Å². The molecule has 0 fully saturated rings. The fourth-order valence-corrected chi connectivity index (χ4v) is 5.28. The Labute approximate surface area is 249 Å². The molecule has 1 amide bonds. The molecule has 12 nitrogen and oxygen atoms in total. The van der Waals surface area contributed by atoms with E-state index in [0.29, 0.717) is 45.6 Å². The zero-order valence-electron chi connectivity index (χ0n) is 23.2. The summed E-state index contributed by atoms with van der Waals surface area (Å²) in [5.41, 5.74) is 11.9. The number of anilines is 3. The summed E-state index contributed by atoms with van der Waals surface area (Å²) >= 11 is -2.26. The fraction of sp³-hybridized carbons (Fsp3) is 0.100. The Kier molecular flexibility index (Phi) is 7.40. The monoisotopic (exact) mass is 593 g/mol. The first-order valence-electron chi connectivity index (χ1n) is 13.2. The number of nitrogens with zero attached hydrogens (tertiary/aromatic N) is 7. The van der Waals surface area contributed by atoms with Gasteiger partial charge in [-0.25, -0.2) is 28.5 Å². The highest BCUT2D eigenvalue weighted by Crippen LogP contribution is 2.32. The summed E-state index contributed by atoms with van der Waals surface area (Å²) < 4.78 is 26.9. The van der Waals surface area contributed by atoms with Crippen LogP contribution in [0.25, 0.3) is 39.5 Å². The van der Waals surface area contributed by atoms with E-state index in [9.17, 15) is 13.6 Å². The molecule has 13 heteroatoms. The number of nitrogen functional groups attached to an aromatic ring is 1. The zero-order chi connectivity index (χ0) is 30.1. The van der Waals surface area contributed by atoms with E-state index in [1.807, 2.05) is 71.3 Å². The lowest BCUT2D eigenvalue weighted by Gasteiger charge is -2.17. The number of rotatable bonds is 8. The van der Waals surface area contributed by atoms with Crippen LogP contribution < -0.4 is 15.4 Å². The van der Waals surface area contributed by atoms with Gasteiger partial charge in [0.2, 0.25) is 5.91 Å². The number of imidazole rings is 2. The summed E-state index contributed by atoms with van der Waals surface area (Å²) in [5.74, 6) is 1.13. The maximum absolute atomic E-state index is 12.1. The molecule has 0 spiro atoms. The molecule has 6 rings (SSSR count). The van der Waals surface area contributed by atoms with Crippen LogP contribution in [0.4, 0.5) is 17.3 Å². The molecular weight excluding hydrogens is 566 g/mol. The molecule has 0 radical (unpaired) electrons. The molecule has 0 aliphatic rings. The van der Waals surface area contributed by atoms with E-state index < -0.39 is 11.3 Å².